The van der Waals surface area contributed by atoms with E-state index in [0.717, 1.165) is 16.8 Å². The van der Waals surface area contributed by atoms with Crippen LogP contribution in [0.1, 0.15) is 19.4 Å². The summed E-state index contributed by atoms with van der Waals surface area (Å²) in [5.74, 6) is 6.98. The van der Waals surface area contributed by atoms with E-state index in [9.17, 15) is 5.11 Å². The van der Waals surface area contributed by atoms with Gasteiger partial charge >= 0.3 is 124 Å². The molecule has 1 aromatic carbocycles. The van der Waals surface area contributed by atoms with Crippen LogP contribution >= 0.6 is 0 Å². The summed E-state index contributed by atoms with van der Waals surface area (Å²) in [5.41, 5.74) is 2.21. The molecule has 0 fully saturated rings. The molecule has 2 nitrogen and oxygen atoms in total. The van der Waals surface area contributed by atoms with Gasteiger partial charge in [0, 0.05) is 0 Å². The fourth-order valence-electron chi connectivity index (χ4n) is 2.33. The van der Waals surface area contributed by atoms with Gasteiger partial charge in [-0.2, -0.15) is 0 Å². The van der Waals surface area contributed by atoms with Gasteiger partial charge in [0.1, 0.15) is 0 Å². The topological polar surface area (TPSA) is 33.1 Å². The molecule has 0 aliphatic carbocycles. The van der Waals surface area contributed by atoms with Gasteiger partial charge in [-0.15, -0.1) is 0 Å². The zero-order valence-corrected chi connectivity index (χ0v) is 15.0. The Morgan fingerprint density at radius 3 is 2.15 bits per heavy atom. The van der Waals surface area contributed by atoms with Crippen molar-refractivity contribution in [3.8, 4) is 11.3 Å². The summed E-state index contributed by atoms with van der Waals surface area (Å²) in [6.45, 7) is 3.71. The van der Waals surface area contributed by atoms with E-state index in [1.165, 1.54) is 4.40 Å². The van der Waals surface area contributed by atoms with Gasteiger partial charge in [-0.1, -0.05) is 0 Å². The Labute approximate surface area is 124 Å². The summed E-state index contributed by atoms with van der Waals surface area (Å²) in [4.78, 5) is 4.63. The molecule has 0 unspecified atom stereocenters. The van der Waals surface area contributed by atoms with Crippen LogP contribution in [0.3, 0.4) is 0 Å². The summed E-state index contributed by atoms with van der Waals surface area (Å²) < 4.78 is 1.28. The SMILES string of the molecule is CC(C)(O)c1cc(-c2ccccc2)nc[c]1[Ge]([CH3])([CH3])[CH3]. The average molecular weight is 330 g/mol. The van der Waals surface area contributed by atoms with Crippen LogP contribution in [0.15, 0.2) is 42.6 Å². The zero-order valence-electron chi connectivity index (χ0n) is 12.9. The molecule has 0 saturated heterocycles. The van der Waals surface area contributed by atoms with Crippen LogP contribution in [0.5, 0.6) is 0 Å². The van der Waals surface area contributed by atoms with Crippen LogP contribution < -0.4 is 4.40 Å². The Morgan fingerprint density at radius 2 is 1.65 bits per heavy atom. The first-order chi connectivity index (χ1) is 9.19. The molecule has 106 valence electrons. The third-order valence-corrected chi connectivity index (χ3v) is 7.67. The van der Waals surface area contributed by atoms with Crippen molar-refractivity contribution in [3.05, 3.63) is 48.2 Å². The molecule has 0 amide bonds. The molecule has 2 rings (SSSR count). The Balaban J connectivity index is 2.62. The quantitative estimate of drug-likeness (QED) is 0.874. The van der Waals surface area contributed by atoms with E-state index in [-0.39, 0.29) is 0 Å². The van der Waals surface area contributed by atoms with E-state index in [1.807, 2.05) is 38.2 Å². The molecule has 3 heteroatoms. The minimum atomic E-state index is -2.06. The molecule has 0 aliphatic rings. The molecule has 1 N–H and O–H groups in total. The molecule has 0 bridgehead atoms. The van der Waals surface area contributed by atoms with Gasteiger partial charge < -0.3 is 0 Å². The second-order valence-corrected chi connectivity index (χ2v) is 17.4. The Kier molecular flexibility index (Phi) is 4.07. The van der Waals surface area contributed by atoms with Crippen LogP contribution in [0.2, 0.25) is 17.3 Å². The van der Waals surface area contributed by atoms with Gasteiger partial charge in [0.25, 0.3) is 0 Å². The van der Waals surface area contributed by atoms with Crippen molar-refractivity contribution >= 4 is 17.7 Å². The Morgan fingerprint density at radius 1 is 1.05 bits per heavy atom. The van der Waals surface area contributed by atoms with Crippen LogP contribution in [0, 0.1) is 0 Å². The molecule has 0 spiro atoms. The number of hydrogen-bond acceptors (Lipinski definition) is 2. The van der Waals surface area contributed by atoms with Crippen molar-refractivity contribution in [2.45, 2.75) is 36.7 Å². The third-order valence-electron chi connectivity index (χ3n) is 3.44. The number of aromatic nitrogens is 1. The number of hydrogen-bond donors (Lipinski definition) is 1. The molecule has 2 aromatic rings. The third kappa shape index (κ3) is 3.30. The maximum atomic E-state index is 10.5. The Hall–Kier alpha value is -1.13. The predicted octanol–water partition coefficient (Wildman–Crippen LogP) is 3.52. The van der Waals surface area contributed by atoms with Gasteiger partial charge in [-0.05, 0) is 0 Å². The summed E-state index contributed by atoms with van der Waals surface area (Å²) in [6.07, 6.45) is 1.98. The molecular formula is C17H23GeNO. The number of aliphatic hydroxyl groups is 1. The molecular weight excluding hydrogens is 307 g/mol. The fraction of sp³-hybridized carbons (Fsp3) is 0.353. The zero-order chi connectivity index (χ0) is 15.0. The molecule has 1 aromatic heterocycles. The molecule has 0 aliphatic heterocycles. The van der Waals surface area contributed by atoms with E-state index >= 15 is 0 Å². The Bertz CT molecular complexity index is 595. The van der Waals surface area contributed by atoms with Gasteiger partial charge in [0.2, 0.25) is 0 Å². The summed E-state index contributed by atoms with van der Waals surface area (Å²) in [6, 6.07) is 12.2. The first-order valence-electron chi connectivity index (χ1n) is 6.98. The van der Waals surface area contributed by atoms with Crippen molar-refractivity contribution in [2.75, 3.05) is 0 Å². The average Bonchev–Trinajstić information content (AvgIpc) is 2.37. The first kappa shape index (κ1) is 15.3. The first-order valence-corrected chi connectivity index (χ1v) is 14.3. The molecule has 20 heavy (non-hydrogen) atoms. The summed E-state index contributed by atoms with van der Waals surface area (Å²) in [7, 11) is 0. The van der Waals surface area contributed by atoms with Crippen molar-refractivity contribution in [1.82, 2.24) is 4.98 Å². The van der Waals surface area contributed by atoms with Crippen molar-refractivity contribution < 1.29 is 5.11 Å². The second kappa shape index (κ2) is 5.34. The fourth-order valence-corrected chi connectivity index (χ4v) is 5.76. The van der Waals surface area contributed by atoms with Gasteiger partial charge in [0.05, 0.1) is 0 Å². The number of rotatable bonds is 3. The second-order valence-electron chi connectivity index (χ2n) is 6.79. The maximum absolute atomic E-state index is 10.5. The predicted molar refractivity (Wildman–Crippen MR) is 87.9 cm³/mol. The van der Waals surface area contributed by atoms with E-state index in [4.69, 9.17) is 0 Å². The van der Waals surface area contributed by atoms with E-state index in [0.29, 0.717) is 0 Å². The van der Waals surface area contributed by atoms with Crippen molar-refractivity contribution in [1.29, 1.82) is 0 Å². The van der Waals surface area contributed by atoms with Crippen LogP contribution in [-0.2, 0) is 5.60 Å². The number of nitrogens with zero attached hydrogens (tertiary/aromatic N) is 1. The number of benzene rings is 1. The summed E-state index contributed by atoms with van der Waals surface area (Å²) in [5, 5.41) is 10.5. The van der Waals surface area contributed by atoms with Gasteiger partial charge in [-0.3, -0.25) is 0 Å². The van der Waals surface area contributed by atoms with E-state index in [1.54, 1.807) is 0 Å². The van der Waals surface area contributed by atoms with Gasteiger partial charge in [-0.25, -0.2) is 0 Å². The molecule has 1 heterocycles. The van der Waals surface area contributed by atoms with Crippen LogP contribution in [0.4, 0.5) is 0 Å². The molecule has 0 atom stereocenters. The summed E-state index contributed by atoms with van der Waals surface area (Å²) >= 11 is -2.06. The van der Waals surface area contributed by atoms with E-state index < -0.39 is 18.9 Å². The number of pyridine rings is 1. The van der Waals surface area contributed by atoms with Gasteiger partial charge in [0.15, 0.2) is 0 Å². The van der Waals surface area contributed by atoms with Crippen LogP contribution in [-0.4, -0.2) is 23.4 Å². The van der Waals surface area contributed by atoms with E-state index in [2.05, 4.69) is 40.5 Å². The van der Waals surface area contributed by atoms with Crippen molar-refractivity contribution in [2.24, 2.45) is 0 Å². The van der Waals surface area contributed by atoms with Crippen molar-refractivity contribution in [3.63, 3.8) is 0 Å². The molecule has 0 saturated carbocycles. The van der Waals surface area contributed by atoms with Crippen LogP contribution in [0.25, 0.3) is 11.3 Å². The molecule has 0 radical (unpaired) electrons. The standard InChI is InChI=1S/C17H23GeNO/c1-17(2,20)14-11-16(13-9-7-6-8-10-13)19-12-15(14)18(3,4)5/h6-12,20H,1-5H3. The monoisotopic (exact) mass is 331 g/mol. The minimum absolute atomic E-state index is 0.833. The normalized spacial score (nSPS) is 12.5.